The molecule has 0 spiro atoms. The quantitative estimate of drug-likeness (QED) is 0.227. The third-order valence-corrected chi connectivity index (χ3v) is 6.39. The topological polar surface area (TPSA) is 137 Å². The van der Waals surface area contributed by atoms with Crippen LogP contribution in [0, 0.1) is 13.8 Å². The Balaban J connectivity index is 1.63. The normalized spacial score (nSPS) is 11.4. The Morgan fingerprint density at radius 3 is 2.19 bits per heavy atom. The van der Waals surface area contributed by atoms with Crippen LogP contribution in [0.2, 0.25) is 0 Å². The van der Waals surface area contributed by atoms with Gasteiger partial charge in [-0.2, -0.15) is 0 Å². The van der Waals surface area contributed by atoms with Crippen molar-refractivity contribution in [2.24, 2.45) is 0 Å². The van der Waals surface area contributed by atoms with E-state index in [-0.39, 0.29) is 21.6 Å². The highest BCUT2D eigenvalue weighted by atomic mass is 32.2. The van der Waals surface area contributed by atoms with Gasteiger partial charge in [0.1, 0.15) is 16.4 Å². The Kier molecular flexibility index (Phi) is 7.35. The van der Waals surface area contributed by atoms with E-state index < -0.39 is 11.9 Å². The fraction of sp³-hybridized carbons (Fsp3) is 0.154. The van der Waals surface area contributed by atoms with Crippen molar-refractivity contribution in [3.8, 4) is 28.6 Å². The van der Waals surface area contributed by atoms with E-state index in [4.69, 9.17) is 19.0 Å². The molecule has 10 nitrogen and oxygen atoms in total. The van der Waals surface area contributed by atoms with Crippen LogP contribution >= 0.6 is 11.8 Å². The minimum absolute atomic E-state index is 0.0140. The van der Waals surface area contributed by atoms with Crippen molar-refractivity contribution >= 4 is 29.8 Å². The molecule has 2 N–H and O–H groups in total. The number of rotatable bonds is 9. The zero-order valence-electron chi connectivity index (χ0n) is 20.4. The summed E-state index contributed by atoms with van der Waals surface area (Å²) < 4.78 is 18.2. The van der Waals surface area contributed by atoms with Crippen molar-refractivity contribution in [3.63, 3.8) is 0 Å². The summed E-state index contributed by atoms with van der Waals surface area (Å²) in [6.45, 7) is 3.74. The largest absolute Gasteiger partial charge is 0.497 e. The lowest BCUT2D eigenvalue weighted by molar-refractivity contribution is -0.131. The molecule has 2 aromatic heterocycles. The second-order valence-corrected chi connectivity index (χ2v) is 8.90. The molecule has 0 atom stereocenters. The molecule has 0 amide bonds. The van der Waals surface area contributed by atoms with Crippen LogP contribution in [0.3, 0.4) is 0 Å². The summed E-state index contributed by atoms with van der Waals surface area (Å²) in [5.41, 5.74) is 3.83. The van der Waals surface area contributed by atoms with Gasteiger partial charge < -0.3 is 28.7 Å². The van der Waals surface area contributed by atoms with Gasteiger partial charge in [0.15, 0.2) is 0 Å². The maximum absolute atomic E-state index is 12.1. The van der Waals surface area contributed by atoms with Gasteiger partial charge in [-0.25, -0.2) is 9.59 Å². The second kappa shape index (κ2) is 10.6. The first-order valence-electron chi connectivity index (χ1n) is 10.9. The van der Waals surface area contributed by atoms with Gasteiger partial charge in [0.05, 0.1) is 19.8 Å². The average Bonchev–Trinajstić information content (AvgIpc) is 3.47. The number of thioether (sulfide) groups is 1. The average molecular weight is 522 g/mol. The first-order chi connectivity index (χ1) is 17.7. The molecule has 0 fully saturated rings. The molecule has 0 unspecified atom stereocenters. The van der Waals surface area contributed by atoms with E-state index >= 15 is 0 Å². The van der Waals surface area contributed by atoms with E-state index in [0.29, 0.717) is 22.6 Å². The molecule has 37 heavy (non-hydrogen) atoms. The van der Waals surface area contributed by atoms with Gasteiger partial charge in [0.25, 0.3) is 5.22 Å². The summed E-state index contributed by atoms with van der Waals surface area (Å²) in [4.78, 5) is 23.2. The third kappa shape index (κ3) is 5.51. The number of hydrogen-bond acceptors (Lipinski definition) is 8. The van der Waals surface area contributed by atoms with Gasteiger partial charge in [-0.15, -0.1) is 10.2 Å². The van der Waals surface area contributed by atoms with Crippen molar-refractivity contribution in [1.29, 1.82) is 0 Å². The molecule has 4 aromatic rings. The molecule has 0 saturated heterocycles. The number of carbonyl (C=O) groups is 2. The van der Waals surface area contributed by atoms with Crippen LogP contribution < -0.4 is 9.47 Å². The highest BCUT2D eigenvalue weighted by molar-refractivity contribution is 8.03. The van der Waals surface area contributed by atoms with Gasteiger partial charge in [-0.3, -0.25) is 0 Å². The number of aromatic nitrogens is 3. The lowest BCUT2D eigenvalue weighted by Gasteiger charge is -2.10. The Bertz CT molecular complexity index is 1480. The first kappa shape index (κ1) is 25.6. The number of aryl methyl sites for hydroxylation is 1. The predicted octanol–water partition coefficient (Wildman–Crippen LogP) is 5.08. The predicted molar refractivity (Wildman–Crippen MR) is 137 cm³/mol. The SMILES string of the molecule is COc1cc(OC)cc(-c2nnc(S/C(=C\c3cc(C)n(-c4ccc(C(=O)O)cc4)c3C)C(=O)O)o2)c1. The maximum atomic E-state index is 12.1. The Hall–Kier alpha value is -4.51. The van der Waals surface area contributed by atoms with E-state index in [0.717, 1.165) is 28.8 Å². The molecule has 0 saturated carbocycles. The summed E-state index contributed by atoms with van der Waals surface area (Å²) in [5, 5.41) is 27.1. The zero-order chi connectivity index (χ0) is 26.7. The van der Waals surface area contributed by atoms with E-state index in [1.54, 1.807) is 30.3 Å². The van der Waals surface area contributed by atoms with Gasteiger partial charge in [-0.1, -0.05) is 0 Å². The fourth-order valence-electron chi connectivity index (χ4n) is 3.75. The number of hydrogen-bond donors (Lipinski definition) is 2. The molecule has 0 radical (unpaired) electrons. The maximum Gasteiger partial charge on any atom is 0.342 e. The summed E-state index contributed by atoms with van der Waals surface area (Å²) in [6, 6.07) is 13.4. The van der Waals surface area contributed by atoms with Gasteiger partial charge >= 0.3 is 11.9 Å². The molecule has 4 rings (SSSR count). The molecule has 2 aromatic carbocycles. The summed E-state index contributed by atoms with van der Waals surface area (Å²) in [6.07, 6.45) is 1.54. The van der Waals surface area contributed by atoms with Gasteiger partial charge in [0, 0.05) is 28.7 Å². The van der Waals surface area contributed by atoms with Crippen LogP contribution in [-0.2, 0) is 4.79 Å². The Morgan fingerprint density at radius 1 is 0.973 bits per heavy atom. The number of carboxylic acid groups (broad SMARTS) is 2. The molecule has 0 aliphatic heterocycles. The number of methoxy groups -OCH3 is 2. The van der Waals surface area contributed by atoms with Crippen LogP contribution in [0.1, 0.15) is 27.3 Å². The summed E-state index contributed by atoms with van der Waals surface area (Å²) in [7, 11) is 3.05. The third-order valence-electron chi connectivity index (χ3n) is 5.54. The second-order valence-electron chi connectivity index (χ2n) is 7.90. The van der Waals surface area contributed by atoms with Crippen molar-refractivity contribution in [1.82, 2.24) is 14.8 Å². The molecule has 2 heterocycles. The summed E-state index contributed by atoms with van der Waals surface area (Å²) >= 11 is 0.836. The Labute approximate surface area is 216 Å². The molecular formula is C26H23N3O7S. The minimum atomic E-state index is -1.15. The minimum Gasteiger partial charge on any atom is -0.497 e. The van der Waals surface area contributed by atoms with Crippen molar-refractivity contribution in [2.75, 3.05) is 14.2 Å². The van der Waals surface area contributed by atoms with E-state index in [1.807, 2.05) is 24.5 Å². The van der Waals surface area contributed by atoms with E-state index in [1.165, 1.54) is 32.4 Å². The standard InChI is InChI=1S/C26H23N3O7S/c1-14-9-17(15(2)29(14)19-7-5-16(6-8-19)24(30)31)12-22(25(32)33)37-26-28-27-23(36-26)18-10-20(34-3)13-21(11-18)35-4/h5-13H,1-4H3,(H,30,31)(H,32,33)/b22-12-. The molecule has 190 valence electrons. The number of aromatic carboxylic acids is 1. The van der Waals surface area contributed by atoms with E-state index in [2.05, 4.69) is 10.2 Å². The van der Waals surface area contributed by atoms with Crippen LogP contribution in [0.25, 0.3) is 23.2 Å². The van der Waals surface area contributed by atoms with Gasteiger partial charge in [-0.05, 0) is 79.7 Å². The number of ether oxygens (including phenoxy) is 2. The van der Waals surface area contributed by atoms with Gasteiger partial charge in [0.2, 0.25) is 5.89 Å². The zero-order valence-corrected chi connectivity index (χ0v) is 21.2. The highest BCUT2D eigenvalue weighted by Crippen LogP contribution is 2.34. The highest BCUT2D eigenvalue weighted by Gasteiger charge is 2.19. The molecule has 0 bridgehead atoms. The number of benzene rings is 2. The number of carboxylic acids is 2. The van der Waals surface area contributed by atoms with E-state index in [9.17, 15) is 14.7 Å². The number of aliphatic carboxylic acids is 1. The molecule has 11 heteroatoms. The molecule has 0 aliphatic carbocycles. The lowest BCUT2D eigenvalue weighted by atomic mass is 10.2. The molecular weight excluding hydrogens is 498 g/mol. The van der Waals surface area contributed by atoms with Crippen LogP contribution in [0.5, 0.6) is 11.5 Å². The lowest BCUT2D eigenvalue weighted by Crippen LogP contribution is -2.01. The van der Waals surface area contributed by atoms with Crippen LogP contribution in [0.4, 0.5) is 0 Å². The number of nitrogens with zero attached hydrogens (tertiary/aromatic N) is 3. The van der Waals surface area contributed by atoms with Crippen LogP contribution in [-0.4, -0.2) is 51.1 Å². The monoisotopic (exact) mass is 521 g/mol. The summed E-state index contributed by atoms with van der Waals surface area (Å²) in [5.74, 6) is -0.883. The first-order valence-corrected chi connectivity index (χ1v) is 11.7. The van der Waals surface area contributed by atoms with Crippen molar-refractivity contribution in [3.05, 3.63) is 76.0 Å². The van der Waals surface area contributed by atoms with Crippen molar-refractivity contribution < 1.29 is 33.7 Å². The molecule has 0 aliphatic rings. The fourth-order valence-corrected chi connectivity index (χ4v) is 4.42. The Morgan fingerprint density at radius 2 is 1.62 bits per heavy atom. The van der Waals surface area contributed by atoms with Crippen molar-refractivity contribution in [2.45, 2.75) is 19.1 Å². The smallest absolute Gasteiger partial charge is 0.342 e. The van der Waals surface area contributed by atoms with Crippen LogP contribution in [0.15, 0.2) is 63.1 Å².